The van der Waals surface area contributed by atoms with Gasteiger partial charge in [0.1, 0.15) is 11.9 Å². The minimum absolute atomic E-state index is 0.412. The lowest BCUT2D eigenvalue weighted by Crippen LogP contribution is -2.50. The molecule has 72 heavy (non-hydrogen) atoms. The van der Waals surface area contributed by atoms with Gasteiger partial charge < -0.3 is 39.8 Å². The van der Waals surface area contributed by atoms with Gasteiger partial charge in [0.25, 0.3) is 0 Å². The Hall–Kier alpha value is -4.92. The largest absolute Gasteiger partial charge is 0.444 e. The van der Waals surface area contributed by atoms with Crippen molar-refractivity contribution in [3.8, 4) is 0 Å². The number of aldehydes is 1. The number of pyridine rings is 2. The number of ether oxygens (including phenoxy) is 1. The molecule has 0 bridgehead atoms. The quantitative estimate of drug-likeness (QED) is 0.192. The maximum atomic E-state index is 12.5. The second-order valence-corrected chi connectivity index (χ2v) is 23.1. The molecule has 386 valence electrons. The lowest BCUT2D eigenvalue weighted by Gasteiger charge is -2.46. The number of likely N-dealkylation sites (tertiary alicyclic amines) is 1. The van der Waals surface area contributed by atoms with Gasteiger partial charge in [-0.15, -0.1) is 0 Å². The van der Waals surface area contributed by atoms with Gasteiger partial charge in [-0.05, 0) is 175 Å². The monoisotopic (exact) mass is 979 g/mol. The zero-order valence-electron chi connectivity index (χ0n) is 44.0. The fourth-order valence-electron chi connectivity index (χ4n) is 13.2. The molecule has 13 heteroatoms. The van der Waals surface area contributed by atoms with Crippen LogP contribution < -0.4 is 20.4 Å². The first-order valence-corrected chi connectivity index (χ1v) is 27.6. The summed E-state index contributed by atoms with van der Waals surface area (Å²) in [6.45, 7) is 19.1. The Bertz CT molecular complexity index is 2480. The Morgan fingerprint density at radius 1 is 0.681 bits per heavy atom. The normalized spacial score (nSPS) is 26.4. The second kappa shape index (κ2) is 22.7. The van der Waals surface area contributed by atoms with E-state index in [2.05, 4.69) is 103 Å². The van der Waals surface area contributed by atoms with Gasteiger partial charge in [-0.3, -0.25) is 19.8 Å². The van der Waals surface area contributed by atoms with Crippen LogP contribution in [0.3, 0.4) is 0 Å². The van der Waals surface area contributed by atoms with Crippen molar-refractivity contribution in [3.05, 3.63) is 118 Å². The number of hydrogen-bond acceptors (Lipinski definition) is 12. The molecule has 12 rings (SSSR count). The molecule has 6 atom stereocenters. The van der Waals surface area contributed by atoms with Crippen LogP contribution in [0.25, 0.3) is 0 Å². The number of likely N-dealkylation sites (N-methyl/N-ethyl adjacent to an activating group) is 2. The number of benzene rings is 2. The van der Waals surface area contributed by atoms with Gasteiger partial charge in [-0.2, -0.15) is 0 Å². The number of piperazine rings is 2. The van der Waals surface area contributed by atoms with E-state index in [0.29, 0.717) is 31.1 Å². The third-order valence-electron chi connectivity index (χ3n) is 17.1. The highest BCUT2D eigenvalue weighted by Crippen LogP contribution is 2.43. The number of hydrogen-bond donors (Lipinski definition) is 2. The number of nitrogens with one attached hydrogen (secondary N) is 2. The number of carbonyl (C=O) groups is 2. The van der Waals surface area contributed by atoms with Crippen LogP contribution in [0.1, 0.15) is 116 Å². The van der Waals surface area contributed by atoms with Crippen LogP contribution in [-0.2, 0) is 48.3 Å². The summed E-state index contributed by atoms with van der Waals surface area (Å²) in [6.07, 6.45) is 16.6. The smallest absolute Gasteiger partial charge is 0.411 e. The molecule has 4 aromatic rings. The van der Waals surface area contributed by atoms with E-state index in [1.807, 2.05) is 45.3 Å². The maximum Gasteiger partial charge on any atom is 0.411 e. The Balaban J connectivity index is 0.000000133. The molecule has 2 aliphatic carbocycles. The summed E-state index contributed by atoms with van der Waals surface area (Å²) >= 11 is 0. The molecule has 2 N–H and O–H groups in total. The van der Waals surface area contributed by atoms with E-state index < -0.39 is 17.7 Å². The SMILES string of the molecule is CN1CCN(c2cccc3c2C[C@H](C=O)N(C(=O)OC(C)(C)C)C3)CC1.CN1CCN(c2cccc3c2C[C@H](CN2CCC[C@H]4CCc5cccnc5[C@H]42)NC3)CC1.c1cnc2c(c1)CC[C@@H]1CCCN[C@H]21. The highest BCUT2D eigenvalue weighted by Gasteiger charge is 2.40. The van der Waals surface area contributed by atoms with Crippen molar-refractivity contribution in [3.63, 3.8) is 0 Å². The Labute approximate surface area is 430 Å². The molecule has 0 radical (unpaired) electrons. The maximum absolute atomic E-state index is 12.5. The molecule has 8 heterocycles. The highest BCUT2D eigenvalue weighted by atomic mass is 16.6. The fourth-order valence-corrected chi connectivity index (χ4v) is 13.2. The summed E-state index contributed by atoms with van der Waals surface area (Å²) in [5.74, 6) is 1.62. The van der Waals surface area contributed by atoms with Gasteiger partial charge in [0.15, 0.2) is 0 Å². The zero-order chi connectivity index (χ0) is 49.8. The second-order valence-electron chi connectivity index (χ2n) is 23.1. The number of fused-ring (bicyclic) bond motifs is 8. The van der Waals surface area contributed by atoms with E-state index in [-0.39, 0.29) is 0 Å². The topological polar surface area (TPSA) is 113 Å². The van der Waals surface area contributed by atoms with Crippen LogP contribution >= 0.6 is 0 Å². The zero-order valence-corrected chi connectivity index (χ0v) is 44.0. The van der Waals surface area contributed by atoms with Crippen LogP contribution in [0.15, 0.2) is 73.1 Å². The summed E-state index contributed by atoms with van der Waals surface area (Å²) in [5, 5.41) is 7.51. The van der Waals surface area contributed by atoms with E-state index in [0.717, 1.165) is 102 Å². The lowest BCUT2D eigenvalue weighted by molar-refractivity contribution is -0.113. The Kier molecular flexibility index (Phi) is 15.9. The minimum atomic E-state index is -0.577. The molecule has 4 saturated heterocycles. The van der Waals surface area contributed by atoms with Crippen molar-refractivity contribution in [1.29, 1.82) is 0 Å². The van der Waals surface area contributed by atoms with Gasteiger partial charge >= 0.3 is 6.09 Å². The first-order valence-electron chi connectivity index (χ1n) is 27.6. The van der Waals surface area contributed by atoms with Crippen molar-refractivity contribution in [2.75, 3.05) is 95.9 Å². The molecule has 0 spiro atoms. The van der Waals surface area contributed by atoms with Gasteiger partial charge in [-0.1, -0.05) is 36.4 Å². The predicted molar refractivity (Wildman–Crippen MR) is 288 cm³/mol. The fraction of sp³-hybridized carbons (Fsp3) is 0.593. The van der Waals surface area contributed by atoms with Gasteiger partial charge in [0, 0.05) is 102 Å². The Morgan fingerprint density at radius 3 is 1.94 bits per heavy atom. The molecule has 0 unspecified atom stereocenters. The van der Waals surface area contributed by atoms with Gasteiger partial charge in [0.2, 0.25) is 0 Å². The first kappa shape index (κ1) is 50.6. The number of anilines is 2. The van der Waals surface area contributed by atoms with Crippen molar-refractivity contribution >= 4 is 23.8 Å². The average Bonchev–Trinajstić information content (AvgIpc) is 3.40. The summed E-state index contributed by atoms with van der Waals surface area (Å²) in [7, 11) is 4.38. The predicted octanol–water partition coefficient (Wildman–Crippen LogP) is 7.61. The molecular weight excluding hydrogens is 897 g/mol. The van der Waals surface area contributed by atoms with E-state index in [1.165, 1.54) is 103 Å². The van der Waals surface area contributed by atoms with Crippen LogP contribution in [0.4, 0.5) is 16.2 Å². The number of carbonyl (C=O) groups excluding carboxylic acids is 2. The van der Waals surface area contributed by atoms with E-state index in [1.54, 1.807) is 10.5 Å². The van der Waals surface area contributed by atoms with Crippen LogP contribution in [0, 0.1) is 11.8 Å². The standard InChI is InChI=1S/C27H37N5.C20H29N3O3.C12H16N2/c1-30-13-15-31(16-14-30)25-8-2-5-22-18-29-23(17-24(22)25)19-32-12-4-7-21-10-9-20-6-3-11-28-26(20)27(21)32;1-20(2,3)26-19(25)23-13-15-6-5-7-18(17(15)12-16(23)14-24)22-10-8-21(4)9-11-22;1-3-9-5-6-10-4-2-8-14-12(10)11(9)13-7-1/h2-3,5-6,8,11,21,23,27,29H,4,7,9-10,12-19H2,1H3;5-7,14,16H,8-13H2,1-4H3;1,3,7,10,12,14H,2,4-6,8H2/t21-,23+,27-;16-;10-,12-/m010/s1. The number of aromatic nitrogens is 2. The van der Waals surface area contributed by atoms with Gasteiger partial charge in [0.05, 0.1) is 36.1 Å². The molecule has 13 nitrogen and oxygen atoms in total. The summed E-state index contributed by atoms with van der Waals surface area (Å²) < 4.78 is 5.49. The van der Waals surface area contributed by atoms with Crippen LogP contribution in [0.5, 0.6) is 0 Å². The van der Waals surface area contributed by atoms with E-state index >= 15 is 0 Å². The summed E-state index contributed by atoms with van der Waals surface area (Å²) in [5.41, 5.74) is 13.1. The number of nitrogens with zero attached hydrogens (tertiary/aromatic N) is 8. The highest BCUT2D eigenvalue weighted by molar-refractivity contribution is 5.76. The van der Waals surface area contributed by atoms with E-state index in [9.17, 15) is 9.59 Å². The van der Waals surface area contributed by atoms with E-state index in [4.69, 9.17) is 9.72 Å². The molecular formula is C59H82N10O3. The van der Waals surface area contributed by atoms with Gasteiger partial charge in [-0.25, -0.2) is 4.79 Å². The van der Waals surface area contributed by atoms with Crippen LogP contribution in [-0.4, -0.2) is 146 Å². The molecule has 8 aliphatic rings. The van der Waals surface area contributed by atoms with Crippen molar-refractivity contribution in [1.82, 2.24) is 40.2 Å². The Morgan fingerprint density at radius 2 is 1.28 bits per heavy atom. The van der Waals surface area contributed by atoms with Crippen molar-refractivity contribution < 1.29 is 14.3 Å². The number of rotatable bonds is 5. The number of aryl methyl sites for hydroxylation is 2. The molecule has 1 amide bonds. The molecule has 2 aromatic heterocycles. The molecule has 4 fully saturated rings. The molecule has 6 aliphatic heterocycles. The molecule has 2 aromatic carbocycles. The van der Waals surface area contributed by atoms with Crippen molar-refractivity contribution in [2.45, 2.75) is 128 Å². The summed E-state index contributed by atoms with van der Waals surface area (Å²) in [6, 6.07) is 23.0. The van der Waals surface area contributed by atoms with Crippen LogP contribution in [0.2, 0.25) is 0 Å². The minimum Gasteiger partial charge on any atom is -0.444 e. The summed E-state index contributed by atoms with van der Waals surface area (Å²) in [4.78, 5) is 47.8. The van der Waals surface area contributed by atoms with Crippen molar-refractivity contribution in [2.24, 2.45) is 11.8 Å². The average molecular weight is 979 g/mol. The number of piperidine rings is 2. The number of amides is 1. The third-order valence-corrected chi connectivity index (χ3v) is 17.1. The molecule has 0 saturated carbocycles. The third kappa shape index (κ3) is 11.6. The first-order chi connectivity index (χ1) is 35.0. The lowest BCUT2D eigenvalue weighted by atomic mass is 9.76.